The lowest BCUT2D eigenvalue weighted by atomic mass is 9.98. The standard InChI is InChI=1S/C24H26N4O2S/c1-16-13-22(29)25-18-8-2-4-10-20(18)28(16)23(30)15-27-12-6-7-17(14-27)24-26-19-9-3-5-11-21(19)31-24/h2-5,8-11,16-17H,6-7,12-15H2,1H3,(H,25,29)/t16-,17-/m0/s1. The third-order valence-corrected chi connectivity index (χ3v) is 7.35. The average Bonchev–Trinajstić information content (AvgIpc) is 3.14. The molecule has 0 bridgehead atoms. The van der Waals surface area contributed by atoms with Gasteiger partial charge in [0.1, 0.15) is 0 Å². The van der Waals surface area contributed by atoms with Crippen molar-refractivity contribution < 1.29 is 9.59 Å². The van der Waals surface area contributed by atoms with E-state index in [1.165, 1.54) is 9.71 Å². The molecule has 1 saturated heterocycles. The largest absolute Gasteiger partial charge is 0.324 e. The SMILES string of the molecule is C[C@H]1CC(=O)Nc2ccccc2N1C(=O)CN1CCC[C@H](c2nc3ccccc3s2)C1. The molecule has 6 nitrogen and oxygen atoms in total. The summed E-state index contributed by atoms with van der Waals surface area (Å²) in [4.78, 5) is 34.5. The lowest BCUT2D eigenvalue weighted by Crippen LogP contribution is -2.47. The number of hydrogen-bond acceptors (Lipinski definition) is 5. The minimum Gasteiger partial charge on any atom is -0.324 e. The van der Waals surface area contributed by atoms with Crippen molar-refractivity contribution in [2.24, 2.45) is 0 Å². The molecule has 2 aliphatic heterocycles. The maximum absolute atomic E-state index is 13.4. The van der Waals surface area contributed by atoms with Crippen LogP contribution in [-0.2, 0) is 9.59 Å². The molecule has 0 spiro atoms. The van der Waals surface area contributed by atoms with Crippen molar-refractivity contribution in [1.82, 2.24) is 9.88 Å². The van der Waals surface area contributed by atoms with E-state index in [-0.39, 0.29) is 17.9 Å². The van der Waals surface area contributed by atoms with E-state index in [1.54, 1.807) is 16.2 Å². The molecule has 3 heterocycles. The number of hydrogen-bond donors (Lipinski definition) is 1. The van der Waals surface area contributed by atoms with E-state index in [0.717, 1.165) is 37.1 Å². The minimum atomic E-state index is -0.180. The highest BCUT2D eigenvalue weighted by Gasteiger charge is 2.32. The first-order valence-electron chi connectivity index (χ1n) is 10.9. The Morgan fingerprint density at radius 3 is 2.87 bits per heavy atom. The molecule has 2 atom stereocenters. The van der Waals surface area contributed by atoms with E-state index in [0.29, 0.717) is 24.6 Å². The van der Waals surface area contributed by atoms with Crippen molar-refractivity contribution in [1.29, 1.82) is 0 Å². The monoisotopic (exact) mass is 434 g/mol. The van der Waals surface area contributed by atoms with Gasteiger partial charge in [-0.25, -0.2) is 4.98 Å². The third-order valence-electron chi connectivity index (χ3n) is 6.15. The summed E-state index contributed by atoms with van der Waals surface area (Å²) in [5, 5.41) is 4.10. The molecule has 160 valence electrons. The number of nitrogens with one attached hydrogen (secondary N) is 1. The quantitative estimate of drug-likeness (QED) is 0.670. The van der Waals surface area contributed by atoms with Crippen molar-refractivity contribution in [2.45, 2.75) is 38.1 Å². The number of anilines is 2. The normalized spacial score (nSPS) is 22.1. The second-order valence-corrected chi connectivity index (χ2v) is 9.54. The molecule has 0 unspecified atom stereocenters. The number of thiazole rings is 1. The molecule has 1 N–H and O–H groups in total. The van der Waals surface area contributed by atoms with Gasteiger partial charge in [0.15, 0.2) is 0 Å². The zero-order chi connectivity index (χ0) is 21.4. The van der Waals surface area contributed by atoms with Gasteiger partial charge in [-0.1, -0.05) is 24.3 Å². The number of aromatic nitrogens is 1. The number of likely N-dealkylation sites (tertiary alicyclic amines) is 1. The van der Waals surface area contributed by atoms with Crippen molar-refractivity contribution in [2.75, 3.05) is 29.9 Å². The van der Waals surface area contributed by atoms with E-state index in [9.17, 15) is 9.59 Å². The Bertz CT molecular complexity index is 1090. The van der Waals surface area contributed by atoms with Gasteiger partial charge in [0.2, 0.25) is 11.8 Å². The van der Waals surface area contributed by atoms with E-state index < -0.39 is 0 Å². The third kappa shape index (κ3) is 4.07. The number of piperidine rings is 1. The van der Waals surface area contributed by atoms with Crippen molar-refractivity contribution in [3.63, 3.8) is 0 Å². The highest BCUT2D eigenvalue weighted by atomic mass is 32.1. The van der Waals surface area contributed by atoms with Crippen molar-refractivity contribution >= 4 is 44.7 Å². The van der Waals surface area contributed by atoms with E-state index in [2.05, 4.69) is 28.4 Å². The zero-order valence-corrected chi connectivity index (χ0v) is 18.4. The van der Waals surface area contributed by atoms with Gasteiger partial charge in [-0.3, -0.25) is 14.5 Å². The molecule has 0 aliphatic carbocycles. The number of nitrogens with zero attached hydrogens (tertiary/aromatic N) is 3. The van der Waals surface area contributed by atoms with Gasteiger partial charge in [-0.05, 0) is 50.6 Å². The summed E-state index contributed by atoms with van der Waals surface area (Å²) in [7, 11) is 0. The molecule has 0 saturated carbocycles. The number of benzene rings is 2. The van der Waals surface area contributed by atoms with E-state index in [1.807, 2.05) is 37.3 Å². The van der Waals surface area contributed by atoms with E-state index in [4.69, 9.17) is 4.98 Å². The Hall–Kier alpha value is -2.77. The molecule has 0 radical (unpaired) electrons. The smallest absolute Gasteiger partial charge is 0.241 e. The molecule has 31 heavy (non-hydrogen) atoms. The Kier molecular flexibility index (Phi) is 5.46. The first-order chi connectivity index (χ1) is 15.1. The summed E-state index contributed by atoms with van der Waals surface area (Å²) < 4.78 is 1.22. The van der Waals surface area contributed by atoms with Crippen LogP contribution < -0.4 is 10.2 Å². The highest BCUT2D eigenvalue weighted by molar-refractivity contribution is 7.18. The summed E-state index contributed by atoms with van der Waals surface area (Å²) in [5.74, 6) is 0.349. The average molecular weight is 435 g/mol. The Morgan fingerprint density at radius 2 is 2.00 bits per heavy atom. The summed E-state index contributed by atoms with van der Waals surface area (Å²) in [6, 6.07) is 15.6. The zero-order valence-electron chi connectivity index (χ0n) is 17.6. The fourth-order valence-corrected chi connectivity index (χ4v) is 5.79. The number of amides is 2. The molecular weight excluding hydrogens is 408 g/mol. The first-order valence-corrected chi connectivity index (χ1v) is 11.7. The van der Waals surface area contributed by atoms with Gasteiger partial charge >= 0.3 is 0 Å². The van der Waals surface area contributed by atoms with Crippen LogP contribution in [0.4, 0.5) is 11.4 Å². The second-order valence-electron chi connectivity index (χ2n) is 8.48. The molecule has 5 rings (SSSR count). The molecular formula is C24H26N4O2S. The Labute approximate surface area is 185 Å². The van der Waals surface area contributed by atoms with Gasteiger partial charge in [0.25, 0.3) is 0 Å². The summed E-state index contributed by atoms with van der Waals surface area (Å²) >= 11 is 1.77. The molecule has 1 aromatic heterocycles. The summed E-state index contributed by atoms with van der Waals surface area (Å²) in [6.07, 6.45) is 2.46. The van der Waals surface area contributed by atoms with Crippen molar-refractivity contribution in [3.8, 4) is 0 Å². The summed E-state index contributed by atoms with van der Waals surface area (Å²) in [6.45, 7) is 4.05. The summed E-state index contributed by atoms with van der Waals surface area (Å²) in [5.41, 5.74) is 2.55. The number of rotatable bonds is 3. The number of carbonyl (C=O) groups excluding carboxylic acids is 2. The molecule has 7 heteroatoms. The molecule has 2 aliphatic rings. The van der Waals surface area contributed by atoms with Crippen molar-refractivity contribution in [3.05, 3.63) is 53.5 Å². The fourth-order valence-electron chi connectivity index (χ4n) is 4.70. The van der Waals surface area contributed by atoms with Gasteiger partial charge in [-0.2, -0.15) is 0 Å². The topological polar surface area (TPSA) is 65.5 Å². The predicted octanol–water partition coefficient (Wildman–Crippen LogP) is 4.24. The van der Waals surface area contributed by atoms with Crippen LogP contribution in [0.15, 0.2) is 48.5 Å². The highest BCUT2D eigenvalue weighted by Crippen LogP contribution is 2.34. The Morgan fingerprint density at radius 1 is 1.19 bits per heavy atom. The predicted molar refractivity (Wildman–Crippen MR) is 125 cm³/mol. The lowest BCUT2D eigenvalue weighted by molar-refractivity contribution is -0.120. The maximum atomic E-state index is 13.4. The van der Waals surface area contributed by atoms with Crippen LogP contribution in [0.3, 0.4) is 0 Å². The number of fused-ring (bicyclic) bond motifs is 2. The van der Waals surface area contributed by atoms with E-state index >= 15 is 0 Å². The van der Waals surface area contributed by atoms with Gasteiger partial charge in [0, 0.05) is 24.9 Å². The molecule has 3 aromatic rings. The van der Waals surface area contributed by atoms with Crippen LogP contribution >= 0.6 is 11.3 Å². The van der Waals surface area contributed by atoms with Gasteiger partial charge in [0.05, 0.1) is 33.1 Å². The van der Waals surface area contributed by atoms with Crippen LogP contribution in [0, 0.1) is 0 Å². The Balaban J connectivity index is 1.33. The molecule has 2 aromatic carbocycles. The molecule has 2 amide bonds. The lowest BCUT2D eigenvalue weighted by Gasteiger charge is -2.34. The fraction of sp³-hybridized carbons (Fsp3) is 0.375. The van der Waals surface area contributed by atoms with Gasteiger partial charge < -0.3 is 10.2 Å². The molecule has 1 fully saturated rings. The first kappa shape index (κ1) is 20.2. The number of carbonyl (C=O) groups is 2. The van der Waals surface area contributed by atoms with Crippen LogP contribution in [0.25, 0.3) is 10.2 Å². The number of para-hydroxylation sites is 3. The van der Waals surface area contributed by atoms with Crippen LogP contribution in [-0.4, -0.2) is 47.4 Å². The van der Waals surface area contributed by atoms with Crippen LogP contribution in [0.2, 0.25) is 0 Å². The maximum Gasteiger partial charge on any atom is 0.241 e. The second kappa shape index (κ2) is 8.40. The van der Waals surface area contributed by atoms with Gasteiger partial charge in [-0.15, -0.1) is 11.3 Å². The minimum absolute atomic E-state index is 0.0430. The van der Waals surface area contributed by atoms with Crippen LogP contribution in [0.1, 0.15) is 37.1 Å². The van der Waals surface area contributed by atoms with Crippen LogP contribution in [0.5, 0.6) is 0 Å².